The molecule has 9 heteroatoms. The monoisotopic (exact) mass is 377 g/mol. The quantitative estimate of drug-likeness (QED) is 0.686. The Bertz CT molecular complexity index is 910. The van der Waals surface area contributed by atoms with Gasteiger partial charge < -0.3 is 10.4 Å². The van der Waals surface area contributed by atoms with E-state index in [4.69, 9.17) is 5.11 Å². The van der Waals surface area contributed by atoms with E-state index in [0.717, 1.165) is 0 Å². The van der Waals surface area contributed by atoms with Crippen LogP contribution in [0.3, 0.4) is 0 Å². The SMILES string of the molecule is CC(=O)NC(C)c1cccc(S(=O)(=O)NC(=O)c2ccc(CO)nc2)c1. The predicted molar refractivity (Wildman–Crippen MR) is 93.5 cm³/mol. The van der Waals surface area contributed by atoms with Crippen LogP contribution < -0.4 is 10.0 Å². The molecule has 26 heavy (non-hydrogen) atoms. The van der Waals surface area contributed by atoms with Crippen LogP contribution in [0, 0.1) is 0 Å². The molecule has 138 valence electrons. The van der Waals surface area contributed by atoms with Gasteiger partial charge in [0, 0.05) is 13.1 Å². The molecule has 2 amide bonds. The molecule has 0 aliphatic rings. The minimum Gasteiger partial charge on any atom is -0.390 e. The number of sulfonamides is 1. The van der Waals surface area contributed by atoms with Crippen molar-refractivity contribution >= 4 is 21.8 Å². The fourth-order valence-corrected chi connectivity index (χ4v) is 3.26. The van der Waals surface area contributed by atoms with Gasteiger partial charge in [0.05, 0.1) is 28.8 Å². The van der Waals surface area contributed by atoms with Gasteiger partial charge in [-0.3, -0.25) is 14.6 Å². The first kappa shape index (κ1) is 19.5. The van der Waals surface area contributed by atoms with E-state index >= 15 is 0 Å². The van der Waals surface area contributed by atoms with Gasteiger partial charge in [0.1, 0.15) is 0 Å². The van der Waals surface area contributed by atoms with Crippen molar-refractivity contribution in [1.82, 2.24) is 15.0 Å². The highest BCUT2D eigenvalue weighted by molar-refractivity contribution is 7.90. The van der Waals surface area contributed by atoms with Gasteiger partial charge in [-0.05, 0) is 36.8 Å². The second-order valence-corrected chi connectivity index (χ2v) is 7.31. The van der Waals surface area contributed by atoms with E-state index < -0.39 is 15.9 Å². The van der Waals surface area contributed by atoms with E-state index in [2.05, 4.69) is 10.3 Å². The normalized spacial score (nSPS) is 12.3. The molecular weight excluding hydrogens is 358 g/mol. The number of nitrogens with one attached hydrogen (secondary N) is 2. The average Bonchev–Trinajstić information content (AvgIpc) is 2.61. The van der Waals surface area contributed by atoms with Crippen LogP contribution in [-0.4, -0.2) is 30.3 Å². The van der Waals surface area contributed by atoms with E-state index in [9.17, 15) is 18.0 Å². The second-order valence-electron chi connectivity index (χ2n) is 5.63. The highest BCUT2D eigenvalue weighted by Crippen LogP contribution is 2.18. The molecule has 0 saturated carbocycles. The van der Waals surface area contributed by atoms with E-state index in [-0.39, 0.29) is 29.0 Å². The number of carbonyl (C=O) groups excluding carboxylic acids is 2. The first-order valence-corrected chi connectivity index (χ1v) is 9.21. The van der Waals surface area contributed by atoms with Gasteiger partial charge in [-0.1, -0.05) is 12.1 Å². The Balaban J connectivity index is 2.21. The molecule has 0 radical (unpaired) electrons. The predicted octanol–water partition coefficient (Wildman–Crippen LogP) is 0.890. The number of nitrogens with zero attached hydrogens (tertiary/aromatic N) is 1. The van der Waals surface area contributed by atoms with Crippen molar-refractivity contribution in [2.45, 2.75) is 31.4 Å². The molecule has 0 fully saturated rings. The van der Waals surface area contributed by atoms with Crippen molar-refractivity contribution in [3.63, 3.8) is 0 Å². The van der Waals surface area contributed by atoms with E-state index in [1.54, 1.807) is 13.0 Å². The molecule has 0 aliphatic heterocycles. The molecule has 2 rings (SSSR count). The van der Waals surface area contributed by atoms with Gasteiger partial charge >= 0.3 is 0 Å². The molecule has 8 nitrogen and oxygen atoms in total. The Morgan fingerprint density at radius 2 is 1.96 bits per heavy atom. The van der Waals surface area contributed by atoms with Gasteiger partial charge in [0.25, 0.3) is 15.9 Å². The molecule has 0 aliphatic carbocycles. The molecule has 1 aromatic carbocycles. The molecular formula is C17H19N3O5S. The number of aliphatic hydroxyl groups excluding tert-OH is 1. The number of benzene rings is 1. The third-order valence-corrected chi connectivity index (χ3v) is 4.89. The van der Waals surface area contributed by atoms with E-state index in [0.29, 0.717) is 11.3 Å². The number of amides is 2. The van der Waals surface area contributed by atoms with Gasteiger partial charge in [-0.2, -0.15) is 0 Å². The summed E-state index contributed by atoms with van der Waals surface area (Å²) in [5.41, 5.74) is 1.00. The molecule has 1 atom stereocenters. The number of hydrogen-bond acceptors (Lipinski definition) is 6. The molecule has 2 aromatic rings. The third-order valence-electron chi connectivity index (χ3n) is 3.56. The van der Waals surface area contributed by atoms with Crippen molar-refractivity contribution < 1.29 is 23.1 Å². The summed E-state index contributed by atoms with van der Waals surface area (Å²) in [5, 5.41) is 11.6. The first-order chi connectivity index (χ1) is 12.2. The fraction of sp³-hybridized carbons (Fsp3) is 0.235. The standard InChI is InChI=1S/C17H19N3O5S/c1-11(19-12(2)22)13-4-3-5-16(8-13)26(24,25)20-17(23)14-6-7-15(10-21)18-9-14/h3-9,11,21H,10H2,1-2H3,(H,19,22)(H,20,23). The largest absolute Gasteiger partial charge is 0.390 e. The molecule has 1 heterocycles. The number of aromatic nitrogens is 1. The fourth-order valence-electron chi connectivity index (χ4n) is 2.23. The molecule has 3 N–H and O–H groups in total. The summed E-state index contributed by atoms with van der Waals surface area (Å²) in [4.78, 5) is 27.0. The van der Waals surface area contributed by atoms with Crippen LogP contribution >= 0.6 is 0 Å². The smallest absolute Gasteiger partial charge is 0.266 e. The lowest BCUT2D eigenvalue weighted by atomic mass is 10.1. The Labute approximate surface area is 151 Å². The lowest BCUT2D eigenvalue weighted by Crippen LogP contribution is -2.31. The maximum atomic E-state index is 12.5. The molecule has 0 saturated heterocycles. The van der Waals surface area contributed by atoms with Crippen molar-refractivity contribution in [2.75, 3.05) is 0 Å². The molecule has 1 aromatic heterocycles. The summed E-state index contributed by atoms with van der Waals surface area (Å²) in [5.74, 6) is -1.07. The number of carbonyl (C=O) groups is 2. The lowest BCUT2D eigenvalue weighted by Gasteiger charge is -2.14. The maximum Gasteiger partial charge on any atom is 0.266 e. The summed E-state index contributed by atoms with van der Waals surface area (Å²) in [7, 11) is -4.10. The van der Waals surface area contributed by atoms with Gasteiger partial charge in [0.2, 0.25) is 5.91 Å². The first-order valence-electron chi connectivity index (χ1n) is 7.73. The van der Waals surface area contributed by atoms with Crippen LogP contribution in [-0.2, 0) is 21.4 Å². The van der Waals surface area contributed by atoms with Crippen molar-refractivity contribution in [3.8, 4) is 0 Å². The number of hydrogen-bond donors (Lipinski definition) is 3. The van der Waals surface area contributed by atoms with Crippen molar-refractivity contribution in [2.24, 2.45) is 0 Å². The topological polar surface area (TPSA) is 125 Å². The van der Waals surface area contributed by atoms with Crippen LogP contribution in [0.5, 0.6) is 0 Å². The Hall–Kier alpha value is -2.78. The number of aliphatic hydroxyl groups is 1. The zero-order valence-electron chi connectivity index (χ0n) is 14.3. The van der Waals surface area contributed by atoms with Gasteiger partial charge in [0.15, 0.2) is 0 Å². The minimum absolute atomic E-state index is 0.0496. The summed E-state index contributed by atoms with van der Waals surface area (Å²) in [6.45, 7) is 2.81. The second kappa shape index (κ2) is 8.07. The number of pyridine rings is 1. The van der Waals surface area contributed by atoms with Crippen LogP contribution in [0.15, 0.2) is 47.5 Å². The summed E-state index contributed by atoms with van der Waals surface area (Å²) in [6.07, 6.45) is 1.19. The average molecular weight is 377 g/mol. The van der Waals surface area contributed by atoms with Crippen LogP contribution in [0.1, 0.15) is 41.5 Å². The molecule has 0 bridgehead atoms. The van der Waals surface area contributed by atoms with Crippen LogP contribution in [0.2, 0.25) is 0 Å². The zero-order valence-corrected chi connectivity index (χ0v) is 15.1. The van der Waals surface area contributed by atoms with E-state index in [1.165, 1.54) is 43.5 Å². The Morgan fingerprint density at radius 1 is 1.23 bits per heavy atom. The summed E-state index contributed by atoms with van der Waals surface area (Å²) < 4.78 is 26.9. The summed E-state index contributed by atoms with van der Waals surface area (Å²) >= 11 is 0. The highest BCUT2D eigenvalue weighted by Gasteiger charge is 2.20. The highest BCUT2D eigenvalue weighted by atomic mass is 32.2. The summed E-state index contributed by atoms with van der Waals surface area (Å²) in [6, 6.07) is 8.38. The van der Waals surface area contributed by atoms with Crippen molar-refractivity contribution in [1.29, 1.82) is 0 Å². The van der Waals surface area contributed by atoms with Gasteiger partial charge in [-0.15, -0.1) is 0 Å². The van der Waals surface area contributed by atoms with Crippen LogP contribution in [0.25, 0.3) is 0 Å². The Kier molecular flexibility index (Phi) is 6.06. The Morgan fingerprint density at radius 3 is 2.54 bits per heavy atom. The molecule has 1 unspecified atom stereocenters. The molecule has 0 spiro atoms. The third kappa shape index (κ3) is 4.87. The van der Waals surface area contributed by atoms with Crippen LogP contribution in [0.4, 0.5) is 0 Å². The maximum absolute atomic E-state index is 12.5. The number of rotatable bonds is 6. The van der Waals surface area contributed by atoms with Crippen molar-refractivity contribution in [3.05, 3.63) is 59.4 Å². The van der Waals surface area contributed by atoms with E-state index in [1.807, 2.05) is 4.72 Å². The minimum atomic E-state index is -4.10. The van der Waals surface area contributed by atoms with Gasteiger partial charge in [-0.25, -0.2) is 13.1 Å². The zero-order chi connectivity index (χ0) is 19.3. The lowest BCUT2D eigenvalue weighted by molar-refractivity contribution is -0.119.